The van der Waals surface area contributed by atoms with Gasteiger partial charge in [0.05, 0.1) is 30.9 Å². The van der Waals surface area contributed by atoms with E-state index in [4.69, 9.17) is 9.84 Å². The Labute approximate surface area is 105 Å². The van der Waals surface area contributed by atoms with Gasteiger partial charge < -0.3 is 14.4 Å². The minimum absolute atomic E-state index is 0.00891. The van der Waals surface area contributed by atoms with E-state index in [0.29, 0.717) is 18.8 Å². The van der Waals surface area contributed by atoms with Crippen molar-refractivity contribution < 1.29 is 9.84 Å². The van der Waals surface area contributed by atoms with Gasteiger partial charge in [0.1, 0.15) is 5.69 Å². The topological polar surface area (TPSA) is 64.3 Å². The molecule has 1 heterocycles. The fourth-order valence-corrected chi connectivity index (χ4v) is 1.86. The fraction of sp³-hybridized carbons (Fsp3) is 0.385. The van der Waals surface area contributed by atoms with Crippen LogP contribution in [0, 0.1) is 6.92 Å². The summed E-state index contributed by atoms with van der Waals surface area (Å²) in [5.74, 6) is 0. The van der Waals surface area contributed by atoms with Crippen molar-refractivity contribution in [1.29, 1.82) is 0 Å². The molecule has 0 aliphatic carbocycles. The minimum atomic E-state index is -0.0960. The number of aliphatic hydroxyl groups excluding tert-OH is 1. The molecule has 0 fully saturated rings. The molecule has 5 nitrogen and oxygen atoms in total. The van der Waals surface area contributed by atoms with Crippen LogP contribution in [-0.2, 0) is 11.3 Å². The second kappa shape index (κ2) is 5.75. The Balaban J connectivity index is 2.35. The third-order valence-electron chi connectivity index (χ3n) is 2.71. The maximum absolute atomic E-state index is 12.0. The highest BCUT2D eigenvalue weighted by Gasteiger charge is 2.06. The van der Waals surface area contributed by atoms with Crippen molar-refractivity contribution in [3.8, 4) is 0 Å². The molecule has 5 heteroatoms. The Morgan fingerprint density at radius 1 is 1.33 bits per heavy atom. The Morgan fingerprint density at radius 2 is 2.11 bits per heavy atom. The summed E-state index contributed by atoms with van der Waals surface area (Å²) in [5.41, 5.74) is 2.00. The first-order valence-electron chi connectivity index (χ1n) is 5.89. The summed E-state index contributed by atoms with van der Waals surface area (Å²) in [5, 5.41) is 8.63. The smallest absolute Gasteiger partial charge is 0.272 e. The van der Waals surface area contributed by atoms with Gasteiger partial charge in [-0.3, -0.25) is 4.79 Å². The van der Waals surface area contributed by atoms with E-state index in [2.05, 4.69) is 4.98 Å². The van der Waals surface area contributed by atoms with Gasteiger partial charge in [0.15, 0.2) is 0 Å². The molecule has 0 radical (unpaired) electrons. The zero-order chi connectivity index (χ0) is 13.0. The molecule has 0 atom stereocenters. The molecule has 0 bridgehead atoms. The van der Waals surface area contributed by atoms with Crippen LogP contribution in [0.4, 0.5) is 0 Å². The highest BCUT2D eigenvalue weighted by atomic mass is 16.5. The van der Waals surface area contributed by atoms with E-state index >= 15 is 0 Å². The number of rotatable bonds is 5. The van der Waals surface area contributed by atoms with Gasteiger partial charge in [0.2, 0.25) is 0 Å². The van der Waals surface area contributed by atoms with Gasteiger partial charge >= 0.3 is 0 Å². The number of fused-ring (bicyclic) bond motifs is 1. The van der Waals surface area contributed by atoms with E-state index in [1.54, 1.807) is 11.5 Å². The number of hydrogen-bond donors (Lipinski definition) is 1. The molecule has 2 aromatic rings. The molecular formula is C13H16N2O3. The van der Waals surface area contributed by atoms with E-state index in [1.807, 2.05) is 24.3 Å². The van der Waals surface area contributed by atoms with Gasteiger partial charge in [0.25, 0.3) is 5.56 Å². The predicted octanol–water partition coefficient (Wildman–Crippen LogP) is 0.714. The fourth-order valence-electron chi connectivity index (χ4n) is 1.86. The molecule has 0 spiro atoms. The number of hydrogen-bond acceptors (Lipinski definition) is 4. The van der Waals surface area contributed by atoms with Crippen LogP contribution in [-0.4, -0.2) is 34.5 Å². The molecule has 0 unspecified atom stereocenters. The van der Waals surface area contributed by atoms with Crippen molar-refractivity contribution in [2.45, 2.75) is 13.5 Å². The second-order valence-electron chi connectivity index (χ2n) is 3.98. The van der Waals surface area contributed by atoms with Crippen molar-refractivity contribution in [1.82, 2.24) is 9.55 Å². The van der Waals surface area contributed by atoms with Gasteiger partial charge in [-0.25, -0.2) is 4.98 Å². The number of aliphatic hydroxyl groups is 1. The molecule has 0 saturated carbocycles. The lowest BCUT2D eigenvalue weighted by Gasteiger charge is -2.10. The first-order chi connectivity index (χ1) is 8.74. The average Bonchev–Trinajstić information content (AvgIpc) is 2.38. The highest BCUT2D eigenvalue weighted by Crippen LogP contribution is 2.09. The summed E-state index contributed by atoms with van der Waals surface area (Å²) in [4.78, 5) is 16.3. The molecule has 0 aliphatic rings. The lowest BCUT2D eigenvalue weighted by atomic mass is 10.3. The number of nitrogens with zero attached hydrogens (tertiary/aromatic N) is 2. The summed E-state index contributed by atoms with van der Waals surface area (Å²) in [6.07, 6.45) is 0. The Morgan fingerprint density at radius 3 is 2.89 bits per heavy atom. The molecule has 18 heavy (non-hydrogen) atoms. The predicted molar refractivity (Wildman–Crippen MR) is 68.6 cm³/mol. The molecule has 96 valence electrons. The summed E-state index contributed by atoms with van der Waals surface area (Å²) in [6.45, 7) is 2.85. The van der Waals surface area contributed by atoms with Crippen LogP contribution in [0.15, 0.2) is 29.1 Å². The molecule has 1 aromatic heterocycles. The van der Waals surface area contributed by atoms with Crippen LogP contribution >= 0.6 is 0 Å². The molecule has 1 aromatic carbocycles. The Bertz CT molecular complexity index is 592. The van der Waals surface area contributed by atoms with Gasteiger partial charge in [-0.15, -0.1) is 0 Å². The number of aromatic nitrogens is 2. The highest BCUT2D eigenvalue weighted by molar-refractivity contribution is 5.74. The second-order valence-corrected chi connectivity index (χ2v) is 3.98. The lowest BCUT2D eigenvalue weighted by Crippen LogP contribution is -2.26. The van der Waals surface area contributed by atoms with Crippen molar-refractivity contribution in [2.24, 2.45) is 0 Å². The Hall–Kier alpha value is -1.72. The van der Waals surface area contributed by atoms with Gasteiger partial charge in [-0.1, -0.05) is 12.1 Å². The van der Waals surface area contributed by atoms with Crippen molar-refractivity contribution in [2.75, 3.05) is 19.8 Å². The van der Waals surface area contributed by atoms with Crippen molar-refractivity contribution in [3.05, 3.63) is 40.3 Å². The first-order valence-corrected chi connectivity index (χ1v) is 5.89. The van der Waals surface area contributed by atoms with Crippen molar-refractivity contribution >= 4 is 11.0 Å². The van der Waals surface area contributed by atoms with E-state index < -0.39 is 0 Å². The third-order valence-corrected chi connectivity index (χ3v) is 2.71. The average molecular weight is 248 g/mol. The van der Waals surface area contributed by atoms with Crippen LogP contribution < -0.4 is 5.56 Å². The van der Waals surface area contributed by atoms with Crippen LogP contribution in [0.3, 0.4) is 0 Å². The lowest BCUT2D eigenvalue weighted by molar-refractivity contribution is 0.0870. The number of ether oxygens (including phenoxy) is 1. The van der Waals surface area contributed by atoms with Gasteiger partial charge in [0, 0.05) is 6.54 Å². The van der Waals surface area contributed by atoms with E-state index in [0.717, 1.165) is 11.0 Å². The quantitative estimate of drug-likeness (QED) is 0.792. The molecule has 2 rings (SSSR count). The zero-order valence-corrected chi connectivity index (χ0v) is 10.3. The maximum Gasteiger partial charge on any atom is 0.272 e. The summed E-state index contributed by atoms with van der Waals surface area (Å²) >= 11 is 0. The van der Waals surface area contributed by atoms with Crippen LogP contribution in [0.5, 0.6) is 0 Å². The molecule has 0 aliphatic heterocycles. The van der Waals surface area contributed by atoms with Gasteiger partial charge in [-0.2, -0.15) is 0 Å². The van der Waals surface area contributed by atoms with E-state index in [9.17, 15) is 4.79 Å². The van der Waals surface area contributed by atoms with Crippen LogP contribution in [0.1, 0.15) is 5.69 Å². The van der Waals surface area contributed by atoms with E-state index in [-0.39, 0.29) is 18.8 Å². The largest absolute Gasteiger partial charge is 0.394 e. The Kier molecular flexibility index (Phi) is 4.07. The number of aryl methyl sites for hydroxylation is 1. The van der Waals surface area contributed by atoms with Gasteiger partial charge in [-0.05, 0) is 19.1 Å². The van der Waals surface area contributed by atoms with Crippen LogP contribution in [0.25, 0.3) is 11.0 Å². The molecule has 0 saturated heterocycles. The summed E-state index contributed by atoms with van der Waals surface area (Å²) in [7, 11) is 0. The first kappa shape index (κ1) is 12.7. The molecule has 1 N–H and O–H groups in total. The number of para-hydroxylation sites is 2. The molecular weight excluding hydrogens is 232 g/mol. The van der Waals surface area contributed by atoms with Crippen molar-refractivity contribution in [3.63, 3.8) is 0 Å². The number of benzene rings is 1. The zero-order valence-electron chi connectivity index (χ0n) is 10.3. The summed E-state index contributed by atoms with van der Waals surface area (Å²) < 4.78 is 6.86. The standard InChI is InChI=1S/C13H16N2O3/c1-10-13(17)15(6-8-18-9-7-16)12-5-3-2-4-11(12)14-10/h2-5,16H,6-9H2,1H3. The normalized spacial score (nSPS) is 11.0. The molecule has 0 amide bonds. The minimum Gasteiger partial charge on any atom is -0.394 e. The SMILES string of the molecule is Cc1nc2ccccc2n(CCOCCO)c1=O. The maximum atomic E-state index is 12.0. The monoisotopic (exact) mass is 248 g/mol. The van der Waals surface area contributed by atoms with E-state index in [1.165, 1.54) is 0 Å². The summed E-state index contributed by atoms with van der Waals surface area (Å²) in [6, 6.07) is 7.53. The third kappa shape index (κ3) is 2.57. The van der Waals surface area contributed by atoms with Crippen LogP contribution in [0.2, 0.25) is 0 Å².